The first kappa shape index (κ1) is 105. The summed E-state index contributed by atoms with van der Waals surface area (Å²) in [7, 11) is 0. The van der Waals surface area contributed by atoms with Gasteiger partial charge in [-0.05, 0) is 162 Å². The number of likely N-dealkylation sites (N-methyl/N-ethyl adjacent to an activating group) is 1. The highest BCUT2D eigenvalue weighted by Gasteiger charge is 2.48. The van der Waals surface area contributed by atoms with E-state index in [2.05, 4.69) is 47.3 Å². The zero-order valence-corrected chi connectivity index (χ0v) is 80.3. The lowest BCUT2D eigenvalue weighted by Crippen LogP contribution is -2.45. The van der Waals surface area contributed by atoms with Gasteiger partial charge >= 0.3 is 24.1 Å². The molecule has 6 amide bonds. The highest BCUT2D eigenvalue weighted by atomic mass is 16.6. The van der Waals surface area contributed by atoms with E-state index in [-0.39, 0.29) is 162 Å². The van der Waals surface area contributed by atoms with Gasteiger partial charge < -0.3 is 88.0 Å². The van der Waals surface area contributed by atoms with Crippen molar-refractivity contribution < 1.29 is 95.9 Å². The third kappa shape index (κ3) is 26.3. The van der Waals surface area contributed by atoms with Gasteiger partial charge in [-0.15, -0.1) is 0 Å². The largest absolute Gasteiger partial charge is 0.473 e. The Morgan fingerprint density at radius 2 is 0.882 bits per heavy atom. The molecule has 8 heterocycles. The predicted molar refractivity (Wildman–Crippen MR) is 510 cm³/mol. The maximum Gasteiger partial charge on any atom is 0.417 e. The summed E-state index contributed by atoms with van der Waals surface area (Å²) in [5.74, 6) is -1.54. The number of cyclic esters (lactones) is 2. The van der Waals surface area contributed by atoms with Crippen molar-refractivity contribution in [3.05, 3.63) is 173 Å². The second-order valence-corrected chi connectivity index (χ2v) is 34.4. The van der Waals surface area contributed by atoms with E-state index in [0.717, 1.165) is 102 Å². The molecule has 0 aliphatic carbocycles. The standard InChI is InChI=1S/C38H40N4O7.C36H36N4O7.C28H54N4O8/c1-5-8-9-25(16-17-39)49-37(45)42(24-12-10-23(4)11-13-24)22-48-26-14-15-32-28(18-26)27(6-2)29-20-41-33(34(29)40-32)19-31-30(35(41)43)21-47-36(44)38(31,46)7-3;1-5-23(14-15-37)47-35(43)40(22-10-8-21(4)9-11-22)20-46-24-12-13-30-26(16-24)25(6-2)27-18-39-31(32(27)38-30)17-29-28(33(39)41)19-45-34(42)36(29,44)7-3;1-5-9-11-14-31-26(35)18-39-22-28(20-37-16-24(33)29-8-4,21-38-17-25(34)30-13-7-3)23-40-19-27(36)32-15-12-10-6-2/h10-15,18-19,25,46H,5-9,16,20-22H2,1-4H3;8-13,16-17,23,44H,5-7,14,18-20H2,1-4H3;5-23H2,1-4H3,(H,29,33)(H,30,34)(H,31,35)(H,32,36). The first-order valence-electron chi connectivity index (χ1n) is 47.3. The molecular weight excluding hydrogens is 1750 g/mol. The van der Waals surface area contributed by atoms with E-state index in [1.807, 2.05) is 128 Å². The number of rotatable bonds is 47. The minimum atomic E-state index is -1.90. The number of aryl methyl sites for hydroxylation is 4. The summed E-state index contributed by atoms with van der Waals surface area (Å²) in [5.41, 5.74) is 6.50. The van der Waals surface area contributed by atoms with Crippen molar-refractivity contribution in [1.82, 2.24) is 40.4 Å². The van der Waals surface area contributed by atoms with Gasteiger partial charge in [-0.2, -0.15) is 10.5 Å². The smallest absolute Gasteiger partial charge is 0.417 e. The van der Waals surface area contributed by atoms with Crippen LogP contribution in [0.2, 0.25) is 0 Å². The minimum absolute atomic E-state index is 0.0144. The molecule has 34 nitrogen and oxygen atoms in total. The summed E-state index contributed by atoms with van der Waals surface area (Å²) in [5, 5.41) is 53.6. The summed E-state index contributed by atoms with van der Waals surface area (Å²) in [6, 6.07) is 33.5. The Bertz CT molecular complexity index is 5720. The summed E-state index contributed by atoms with van der Waals surface area (Å²) in [6.07, 6.45) is 8.99. The van der Waals surface area contributed by atoms with E-state index in [1.165, 1.54) is 9.80 Å². The predicted octanol–water partition coefficient (Wildman–Crippen LogP) is 13.3. The highest BCUT2D eigenvalue weighted by molar-refractivity contribution is 5.93. The number of anilines is 2. The number of pyridine rings is 4. The first-order chi connectivity index (χ1) is 65.6. The van der Waals surface area contributed by atoms with Crippen LogP contribution < -0.4 is 51.7 Å². The number of aromatic nitrogens is 4. The van der Waals surface area contributed by atoms with Gasteiger partial charge in [0.05, 0.1) is 126 Å². The third-order valence-electron chi connectivity index (χ3n) is 24.3. The van der Waals surface area contributed by atoms with Crippen LogP contribution in [-0.2, 0) is 117 Å². The maximum absolute atomic E-state index is 13.7. The van der Waals surface area contributed by atoms with Crippen molar-refractivity contribution in [1.29, 1.82) is 10.5 Å². The van der Waals surface area contributed by atoms with Crippen molar-refractivity contribution in [2.75, 3.05) is 102 Å². The Balaban J connectivity index is 0.000000212. The molecular formula is C102H130N12O22. The Morgan fingerprint density at radius 1 is 0.493 bits per heavy atom. The van der Waals surface area contributed by atoms with Gasteiger partial charge in [0.2, 0.25) is 23.6 Å². The molecule has 0 radical (unpaired) electrons. The average molecular weight is 1880 g/mol. The number of nitrogens with zero attached hydrogens (tertiary/aromatic N) is 8. The SMILES string of the molecule is CCCCC(CC#N)OC(=O)N(COc1ccc2nc3c(c(CC)c2c1)Cn1c-3cc2c(c1=O)COC(=O)C2(O)CC)c1ccc(C)cc1.CCCCCNC(=O)COCC(COCC(=O)NCC)(COCC(=O)NCCC)COCC(=O)NCCCCC.CCc1c2c(nc3ccc(OCN(C(=O)OC(CC)CC#N)c4ccc(C)cc4)cc13)-c1cc3c(c(=O)n1C2)COC(=O)C3(O)CC. The molecule has 0 spiro atoms. The van der Waals surface area contributed by atoms with E-state index in [9.17, 15) is 63.4 Å². The number of unbranched alkanes of at least 4 members (excludes halogenated alkanes) is 5. The molecule has 4 aromatic carbocycles. The number of nitrogens with one attached hydrogen (secondary N) is 4. The summed E-state index contributed by atoms with van der Waals surface area (Å²) in [6.45, 7) is 24.5. The average Bonchev–Trinajstić information content (AvgIpc) is 1.57. The molecule has 6 N–H and O–H groups in total. The fourth-order valence-electron chi connectivity index (χ4n) is 16.5. The van der Waals surface area contributed by atoms with Crippen LogP contribution in [0.4, 0.5) is 21.0 Å². The Kier molecular flexibility index (Phi) is 39.3. The lowest BCUT2D eigenvalue weighted by molar-refractivity contribution is -0.172. The lowest BCUT2D eigenvalue weighted by Gasteiger charge is -2.32. The molecule has 4 aliphatic rings. The monoisotopic (exact) mass is 1870 g/mol. The quantitative estimate of drug-likeness (QED) is 0.00893. The molecule has 0 bridgehead atoms. The molecule has 0 saturated carbocycles. The van der Waals surface area contributed by atoms with Crippen LogP contribution >= 0.6 is 0 Å². The molecule has 0 fully saturated rings. The van der Waals surface area contributed by atoms with Gasteiger partial charge in [0.15, 0.2) is 24.7 Å². The number of amides is 6. The Labute approximate surface area is 793 Å². The first-order valence-corrected chi connectivity index (χ1v) is 47.3. The Morgan fingerprint density at radius 3 is 1.25 bits per heavy atom. The number of carbonyl (C=O) groups is 8. The van der Waals surface area contributed by atoms with Crippen LogP contribution in [0.15, 0.2) is 107 Å². The number of hydrogen-bond acceptors (Lipinski definition) is 26. The third-order valence-corrected chi connectivity index (χ3v) is 24.3. The van der Waals surface area contributed by atoms with E-state index >= 15 is 0 Å². The molecule has 4 aromatic heterocycles. The van der Waals surface area contributed by atoms with E-state index in [0.29, 0.717) is 122 Å². The van der Waals surface area contributed by atoms with E-state index in [1.54, 1.807) is 47.2 Å². The van der Waals surface area contributed by atoms with Gasteiger partial charge in [0, 0.05) is 59.2 Å². The molecule has 730 valence electrons. The molecule has 8 aromatic rings. The number of aliphatic hydroxyl groups is 2. The van der Waals surface area contributed by atoms with Crippen LogP contribution in [0.3, 0.4) is 0 Å². The molecule has 4 unspecified atom stereocenters. The summed E-state index contributed by atoms with van der Waals surface area (Å²) < 4.78 is 60.4. The topological polar surface area (TPSA) is 441 Å². The maximum atomic E-state index is 13.7. The normalized spacial score (nSPS) is 15.1. The zero-order valence-electron chi connectivity index (χ0n) is 80.3. The number of ether oxygens (including phenoxy) is 10. The number of carbonyl (C=O) groups excluding carboxylic acids is 8. The van der Waals surface area contributed by atoms with E-state index in [4.69, 9.17) is 62.6 Å². The van der Waals surface area contributed by atoms with Crippen LogP contribution in [0.1, 0.15) is 221 Å². The summed E-state index contributed by atoms with van der Waals surface area (Å²) >= 11 is 0. The van der Waals surface area contributed by atoms with Gasteiger partial charge in [0.1, 0.15) is 63.3 Å². The molecule has 136 heavy (non-hydrogen) atoms. The fraction of sp³-hybridized carbons (Fsp3) is 0.510. The van der Waals surface area contributed by atoms with Crippen molar-refractivity contribution in [3.8, 4) is 46.4 Å². The van der Waals surface area contributed by atoms with Gasteiger partial charge in [0.25, 0.3) is 11.1 Å². The lowest BCUT2D eigenvalue weighted by atomic mass is 9.86. The second-order valence-electron chi connectivity index (χ2n) is 34.4. The number of hydrogen-bond donors (Lipinski definition) is 6. The fourth-order valence-corrected chi connectivity index (χ4v) is 16.5. The number of nitriles is 2. The van der Waals surface area contributed by atoms with Gasteiger partial charge in [-0.1, -0.05) is 136 Å². The van der Waals surface area contributed by atoms with Crippen molar-refractivity contribution >= 4 is 80.9 Å². The molecule has 4 atom stereocenters. The van der Waals surface area contributed by atoms with Gasteiger partial charge in [-0.25, -0.2) is 38.9 Å². The molecule has 12 rings (SSSR count). The molecule has 0 saturated heterocycles. The number of esters is 2. The Hall–Kier alpha value is -12.7. The van der Waals surface area contributed by atoms with Crippen molar-refractivity contribution in [2.45, 2.75) is 242 Å². The van der Waals surface area contributed by atoms with E-state index < -0.39 is 53.0 Å². The van der Waals surface area contributed by atoms with Crippen molar-refractivity contribution in [3.63, 3.8) is 0 Å². The number of fused-ring (bicyclic) bond motifs is 10. The molecule has 4 aliphatic heterocycles. The highest BCUT2D eigenvalue weighted by Crippen LogP contribution is 2.44. The van der Waals surface area contributed by atoms with Crippen molar-refractivity contribution in [2.24, 2.45) is 5.41 Å². The molecule has 34 heteroatoms. The summed E-state index contributed by atoms with van der Waals surface area (Å²) in [4.78, 5) is 140. The van der Waals surface area contributed by atoms with Crippen LogP contribution in [-0.4, -0.2) is 182 Å². The number of benzene rings is 4. The second kappa shape index (κ2) is 50.8. The van der Waals surface area contributed by atoms with Crippen LogP contribution in [0.25, 0.3) is 44.6 Å². The minimum Gasteiger partial charge on any atom is -0.473 e. The van der Waals surface area contributed by atoms with Crippen LogP contribution in [0, 0.1) is 41.9 Å². The zero-order chi connectivity index (χ0) is 98.2. The van der Waals surface area contributed by atoms with Crippen LogP contribution in [0.5, 0.6) is 11.5 Å². The van der Waals surface area contributed by atoms with Gasteiger partial charge in [-0.3, -0.25) is 28.8 Å².